The van der Waals surface area contributed by atoms with Crippen LogP contribution in [0.1, 0.15) is 25.3 Å². The second-order valence-electron chi connectivity index (χ2n) is 4.84. The van der Waals surface area contributed by atoms with Gasteiger partial charge >= 0.3 is 0 Å². The van der Waals surface area contributed by atoms with E-state index in [4.69, 9.17) is 11.6 Å². The Morgan fingerprint density at radius 3 is 2.48 bits per heavy atom. The fourth-order valence-electron chi connectivity index (χ4n) is 2.08. The largest absolute Gasteiger partial charge is 0.236 e. The highest BCUT2D eigenvalue weighted by Crippen LogP contribution is 2.36. The van der Waals surface area contributed by atoms with Gasteiger partial charge in [-0.05, 0) is 23.7 Å². The van der Waals surface area contributed by atoms with Crippen LogP contribution in [0.15, 0.2) is 47.0 Å². The summed E-state index contributed by atoms with van der Waals surface area (Å²) in [6.07, 6.45) is 3.06. The minimum Gasteiger partial charge on any atom is -0.236 e. The normalized spacial score (nSPS) is 11.2. The summed E-state index contributed by atoms with van der Waals surface area (Å²) >= 11 is 7.71. The third kappa shape index (κ3) is 2.84. The van der Waals surface area contributed by atoms with Gasteiger partial charge in [-0.1, -0.05) is 43.6 Å². The minimum atomic E-state index is 0.245. The van der Waals surface area contributed by atoms with Gasteiger partial charge in [0.1, 0.15) is 27.9 Å². The van der Waals surface area contributed by atoms with Gasteiger partial charge in [-0.3, -0.25) is 0 Å². The molecule has 0 N–H and O–H groups in total. The Bertz CT molecular complexity index is 786. The van der Waals surface area contributed by atoms with Crippen molar-refractivity contribution in [2.75, 3.05) is 0 Å². The third-order valence-electron chi connectivity index (χ3n) is 3.08. The molecule has 3 aromatic rings. The Kier molecular flexibility index (Phi) is 4.03. The first-order chi connectivity index (χ1) is 10.2. The average Bonchev–Trinajstić information content (AvgIpc) is 2.47. The fraction of sp³-hybridized carbons (Fsp3) is 0.200. The van der Waals surface area contributed by atoms with E-state index in [1.165, 1.54) is 18.1 Å². The van der Waals surface area contributed by atoms with Crippen LogP contribution in [0.25, 0.3) is 10.9 Å². The Hall–Kier alpha value is -1.72. The zero-order valence-electron chi connectivity index (χ0n) is 11.6. The zero-order chi connectivity index (χ0) is 14.8. The molecule has 0 unspecified atom stereocenters. The summed E-state index contributed by atoms with van der Waals surface area (Å²) in [6, 6.07) is 7.92. The predicted octanol–water partition coefficient (Wildman–Crippen LogP) is 4.35. The monoisotopic (exact) mass is 316 g/mol. The molecule has 0 atom stereocenters. The Labute approximate surface area is 132 Å². The highest BCUT2D eigenvalue weighted by Gasteiger charge is 2.16. The molecule has 0 aliphatic rings. The van der Waals surface area contributed by atoms with Gasteiger partial charge in [0.25, 0.3) is 0 Å². The number of hydrogen-bond donors (Lipinski definition) is 0. The topological polar surface area (TPSA) is 51.6 Å². The van der Waals surface area contributed by atoms with Gasteiger partial charge in [-0.15, -0.1) is 0 Å². The molecular weight excluding hydrogens is 304 g/mol. The first kappa shape index (κ1) is 14.2. The van der Waals surface area contributed by atoms with E-state index in [1.807, 2.05) is 24.3 Å². The Morgan fingerprint density at radius 2 is 1.67 bits per heavy atom. The van der Waals surface area contributed by atoms with Gasteiger partial charge in [0.15, 0.2) is 0 Å². The molecule has 0 aliphatic carbocycles. The van der Waals surface area contributed by atoms with Crippen molar-refractivity contribution in [3.8, 4) is 0 Å². The van der Waals surface area contributed by atoms with Crippen molar-refractivity contribution in [3.63, 3.8) is 0 Å². The van der Waals surface area contributed by atoms with E-state index in [2.05, 4.69) is 33.8 Å². The van der Waals surface area contributed by atoms with E-state index in [0.717, 1.165) is 26.5 Å². The molecular formula is C15H13ClN4S. The number of aromatic nitrogens is 4. The van der Waals surface area contributed by atoms with Gasteiger partial charge < -0.3 is 0 Å². The maximum atomic E-state index is 6.21. The van der Waals surface area contributed by atoms with Crippen LogP contribution < -0.4 is 0 Å². The maximum Gasteiger partial charge on any atom is 0.137 e. The lowest BCUT2D eigenvalue weighted by Gasteiger charge is -2.12. The number of nitrogens with zero attached hydrogens (tertiary/aromatic N) is 4. The molecule has 0 saturated heterocycles. The van der Waals surface area contributed by atoms with E-state index in [-0.39, 0.29) is 5.92 Å². The summed E-state index contributed by atoms with van der Waals surface area (Å²) in [5.74, 6) is 0.245. The van der Waals surface area contributed by atoms with E-state index in [9.17, 15) is 0 Å². The van der Waals surface area contributed by atoms with E-state index < -0.39 is 0 Å². The highest BCUT2D eigenvalue weighted by atomic mass is 35.5. The van der Waals surface area contributed by atoms with Crippen molar-refractivity contribution in [3.05, 3.63) is 47.6 Å². The van der Waals surface area contributed by atoms with Crippen molar-refractivity contribution >= 4 is 34.3 Å². The summed E-state index contributed by atoms with van der Waals surface area (Å²) in [4.78, 5) is 17.1. The van der Waals surface area contributed by atoms with E-state index >= 15 is 0 Å². The molecule has 21 heavy (non-hydrogen) atoms. The second kappa shape index (κ2) is 5.95. The van der Waals surface area contributed by atoms with Gasteiger partial charge in [0, 0.05) is 10.9 Å². The molecule has 4 nitrogen and oxygen atoms in total. The Morgan fingerprint density at radius 1 is 0.952 bits per heavy atom. The molecule has 2 aromatic heterocycles. The van der Waals surface area contributed by atoms with Crippen molar-refractivity contribution in [1.29, 1.82) is 0 Å². The van der Waals surface area contributed by atoms with Gasteiger partial charge in [-0.2, -0.15) is 0 Å². The fourth-order valence-corrected chi connectivity index (χ4v) is 3.59. The predicted molar refractivity (Wildman–Crippen MR) is 84.8 cm³/mol. The quantitative estimate of drug-likeness (QED) is 0.672. The number of fused-ring (bicyclic) bond motifs is 1. The molecule has 0 aliphatic heterocycles. The van der Waals surface area contributed by atoms with Crippen LogP contribution in [-0.4, -0.2) is 19.9 Å². The van der Waals surface area contributed by atoms with E-state index in [0.29, 0.717) is 5.15 Å². The summed E-state index contributed by atoms with van der Waals surface area (Å²) in [6.45, 7) is 4.15. The number of rotatable bonds is 3. The molecule has 0 spiro atoms. The number of halogens is 1. The summed E-state index contributed by atoms with van der Waals surface area (Å²) < 4.78 is 0. The van der Waals surface area contributed by atoms with Crippen LogP contribution in [-0.2, 0) is 0 Å². The van der Waals surface area contributed by atoms with Gasteiger partial charge in [0.05, 0.1) is 5.52 Å². The SMILES string of the molecule is CC(C)c1c(Cl)ncnc1Sc1ncnc2ccccc12. The van der Waals surface area contributed by atoms with Crippen LogP contribution in [0.2, 0.25) is 5.15 Å². The standard InChI is InChI=1S/C15H13ClN4S/c1-9(2)12-13(16)18-8-20-15(12)21-14-10-5-3-4-6-11(10)17-7-19-14/h3-9H,1-2H3. The number of benzene rings is 1. The molecule has 1 aromatic carbocycles. The maximum absolute atomic E-state index is 6.21. The summed E-state index contributed by atoms with van der Waals surface area (Å²) in [7, 11) is 0. The summed E-state index contributed by atoms with van der Waals surface area (Å²) in [5.41, 5.74) is 1.87. The molecule has 2 heterocycles. The minimum absolute atomic E-state index is 0.245. The first-order valence-electron chi connectivity index (χ1n) is 6.55. The molecule has 0 fully saturated rings. The van der Waals surface area contributed by atoms with Crippen LogP contribution in [0, 0.1) is 0 Å². The zero-order valence-corrected chi connectivity index (χ0v) is 13.2. The average molecular weight is 317 g/mol. The summed E-state index contributed by atoms with van der Waals surface area (Å²) in [5, 5.41) is 3.22. The number of hydrogen-bond acceptors (Lipinski definition) is 5. The van der Waals surface area contributed by atoms with Crippen LogP contribution in [0.5, 0.6) is 0 Å². The number of para-hydroxylation sites is 1. The van der Waals surface area contributed by atoms with Crippen LogP contribution in [0.4, 0.5) is 0 Å². The highest BCUT2D eigenvalue weighted by molar-refractivity contribution is 7.99. The molecule has 0 bridgehead atoms. The van der Waals surface area contributed by atoms with Crippen LogP contribution >= 0.6 is 23.4 Å². The van der Waals surface area contributed by atoms with Gasteiger partial charge in [0.2, 0.25) is 0 Å². The molecule has 0 amide bonds. The first-order valence-corrected chi connectivity index (χ1v) is 7.74. The third-order valence-corrected chi connectivity index (χ3v) is 4.41. The van der Waals surface area contributed by atoms with Crippen molar-refractivity contribution < 1.29 is 0 Å². The van der Waals surface area contributed by atoms with Crippen molar-refractivity contribution in [2.45, 2.75) is 29.8 Å². The van der Waals surface area contributed by atoms with E-state index in [1.54, 1.807) is 6.33 Å². The lowest BCUT2D eigenvalue weighted by molar-refractivity contribution is 0.802. The molecule has 3 rings (SSSR count). The Balaban J connectivity index is 2.09. The molecule has 106 valence electrons. The molecule has 0 radical (unpaired) electrons. The molecule has 6 heteroatoms. The van der Waals surface area contributed by atoms with Crippen molar-refractivity contribution in [1.82, 2.24) is 19.9 Å². The van der Waals surface area contributed by atoms with Gasteiger partial charge in [-0.25, -0.2) is 19.9 Å². The van der Waals surface area contributed by atoms with Crippen LogP contribution in [0.3, 0.4) is 0 Å². The second-order valence-corrected chi connectivity index (χ2v) is 6.17. The molecule has 0 saturated carbocycles. The smallest absolute Gasteiger partial charge is 0.137 e. The van der Waals surface area contributed by atoms with Crippen molar-refractivity contribution in [2.24, 2.45) is 0 Å². The lowest BCUT2D eigenvalue weighted by Crippen LogP contribution is -1.98. The lowest BCUT2D eigenvalue weighted by atomic mass is 10.1.